The second-order valence-corrected chi connectivity index (χ2v) is 11.2. The molecule has 3 aromatic rings. The minimum atomic E-state index is -4.32. The van der Waals surface area contributed by atoms with E-state index in [0.29, 0.717) is 5.56 Å². The van der Waals surface area contributed by atoms with E-state index >= 15 is 4.39 Å². The van der Waals surface area contributed by atoms with Gasteiger partial charge in [-0.1, -0.05) is 13.8 Å². The van der Waals surface area contributed by atoms with Gasteiger partial charge in [0.1, 0.15) is 11.5 Å². The summed E-state index contributed by atoms with van der Waals surface area (Å²) in [6.45, 7) is 3.50. The molecule has 0 unspecified atom stereocenters. The Morgan fingerprint density at radius 3 is 2.65 bits per heavy atom. The minimum Gasteiger partial charge on any atom is -0.475 e. The molecule has 0 saturated carbocycles. The van der Waals surface area contributed by atoms with Gasteiger partial charge in [0.15, 0.2) is 11.6 Å². The van der Waals surface area contributed by atoms with Gasteiger partial charge in [0.2, 0.25) is 11.8 Å². The fourth-order valence-electron chi connectivity index (χ4n) is 4.08. The number of rotatable bonds is 3. The van der Waals surface area contributed by atoms with Gasteiger partial charge in [-0.3, -0.25) is 9.48 Å². The topological polar surface area (TPSA) is 112 Å². The smallest absolute Gasteiger partial charge is 0.387 e. The van der Waals surface area contributed by atoms with Crippen molar-refractivity contribution in [3.05, 3.63) is 53.7 Å². The van der Waals surface area contributed by atoms with Gasteiger partial charge in [-0.05, 0) is 54.2 Å². The van der Waals surface area contributed by atoms with Crippen molar-refractivity contribution in [1.82, 2.24) is 19.5 Å². The van der Waals surface area contributed by atoms with E-state index in [0.717, 1.165) is 12.3 Å². The van der Waals surface area contributed by atoms with Crippen molar-refractivity contribution < 1.29 is 35.9 Å². The number of halogens is 3. The molecule has 0 radical (unpaired) electrons. The zero-order valence-electron chi connectivity index (χ0n) is 20.5. The van der Waals surface area contributed by atoms with Crippen molar-refractivity contribution in [1.29, 1.82) is 0 Å². The van der Waals surface area contributed by atoms with Crippen LogP contribution >= 0.6 is 0 Å². The Morgan fingerprint density at radius 1 is 1.24 bits per heavy atom. The SMILES string of the molecule is CC(C)c1c(F)c(OC(F)F)cc2c1CC(=O)NS(=O)(=O)c1cnn(c1)C(C)(C)COc1cc-2ccn1. The minimum absolute atomic E-state index is 0.0320. The first-order chi connectivity index (χ1) is 17.3. The van der Waals surface area contributed by atoms with Crippen LogP contribution in [-0.2, 0) is 26.8 Å². The molecule has 3 heterocycles. The number of fused-ring (bicyclic) bond motifs is 6. The van der Waals surface area contributed by atoms with Crippen LogP contribution in [-0.4, -0.2) is 42.3 Å². The number of pyridine rings is 1. The second-order valence-electron chi connectivity index (χ2n) is 9.47. The summed E-state index contributed by atoms with van der Waals surface area (Å²) in [5.74, 6) is -3.11. The Morgan fingerprint density at radius 2 is 1.97 bits per heavy atom. The second kappa shape index (κ2) is 9.69. The van der Waals surface area contributed by atoms with Crippen LogP contribution in [0.2, 0.25) is 0 Å². The van der Waals surface area contributed by atoms with Crippen molar-refractivity contribution in [2.45, 2.75) is 57.1 Å². The number of alkyl halides is 2. The quantitative estimate of drug-likeness (QED) is 0.537. The molecule has 0 saturated heterocycles. The number of nitrogens with zero attached hydrogens (tertiary/aromatic N) is 3. The number of hydrogen-bond acceptors (Lipinski definition) is 7. The predicted octanol–water partition coefficient (Wildman–Crippen LogP) is 3.98. The molecule has 13 heteroatoms. The molecule has 37 heavy (non-hydrogen) atoms. The lowest BCUT2D eigenvalue weighted by Crippen LogP contribution is -2.34. The summed E-state index contributed by atoms with van der Waals surface area (Å²) in [5, 5.41) is 4.11. The van der Waals surface area contributed by atoms with E-state index in [-0.39, 0.29) is 34.1 Å². The van der Waals surface area contributed by atoms with Crippen LogP contribution < -0.4 is 14.2 Å². The summed E-state index contributed by atoms with van der Waals surface area (Å²) < 4.78 is 81.1. The Labute approximate surface area is 211 Å². The first-order valence-electron chi connectivity index (χ1n) is 11.3. The van der Waals surface area contributed by atoms with Gasteiger partial charge in [-0.2, -0.15) is 13.9 Å². The van der Waals surface area contributed by atoms with Crippen LogP contribution in [0.5, 0.6) is 11.6 Å². The molecule has 1 aromatic carbocycles. The van der Waals surface area contributed by atoms with Crippen LogP contribution in [0.4, 0.5) is 13.2 Å². The van der Waals surface area contributed by atoms with Crippen molar-refractivity contribution in [2.75, 3.05) is 6.61 Å². The maximum absolute atomic E-state index is 15.4. The van der Waals surface area contributed by atoms with E-state index < -0.39 is 52.0 Å². The number of amides is 1. The third kappa shape index (κ3) is 5.41. The average Bonchev–Trinajstić information content (AvgIpc) is 3.31. The number of ether oxygens (including phenoxy) is 2. The molecule has 0 atom stereocenters. The summed E-state index contributed by atoms with van der Waals surface area (Å²) in [5.41, 5.74) is -0.186. The lowest BCUT2D eigenvalue weighted by molar-refractivity contribution is -0.118. The van der Waals surface area contributed by atoms with E-state index in [1.165, 1.54) is 29.2 Å². The van der Waals surface area contributed by atoms with Crippen LogP contribution in [0.3, 0.4) is 0 Å². The fraction of sp³-hybridized carbons (Fsp3) is 0.375. The van der Waals surface area contributed by atoms with Gasteiger partial charge >= 0.3 is 6.61 Å². The normalized spacial score (nSPS) is 16.8. The first kappa shape index (κ1) is 26.5. The zero-order valence-corrected chi connectivity index (χ0v) is 21.3. The molecular weight excluding hydrogens is 513 g/mol. The van der Waals surface area contributed by atoms with Crippen LogP contribution in [0.25, 0.3) is 11.1 Å². The highest BCUT2D eigenvalue weighted by atomic mass is 32.2. The third-order valence-corrected chi connectivity index (χ3v) is 7.19. The maximum Gasteiger partial charge on any atom is 0.387 e. The highest BCUT2D eigenvalue weighted by Gasteiger charge is 2.30. The largest absolute Gasteiger partial charge is 0.475 e. The summed E-state index contributed by atoms with van der Waals surface area (Å²) >= 11 is 0. The lowest BCUT2D eigenvalue weighted by atomic mass is 9.87. The molecule has 0 spiro atoms. The Hall–Kier alpha value is -3.61. The first-order valence-corrected chi connectivity index (χ1v) is 12.8. The van der Waals surface area contributed by atoms with Crippen LogP contribution in [0.1, 0.15) is 44.7 Å². The van der Waals surface area contributed by atoms with Gasteiger partial charge in [0.05, 0.1) is 18.2 Å². The van der Waals surface area contributed by atoms with E-state index in [1.807, 2.05) is 4.72 Å². The number of hydrogen-bond donors (Lipinski definition) is 1. The number of sulfonamides is 1. The highest BCUT2D eigenvalue weighted by molar-refractivity contribution is 7.90. The van der Waals surface area contributed by atoms with E-state index in [2.05, 4.69) is 14.8 Å². The van der Waals surface area contributed by atoms with E-state index in [9.17, 15) is 22.0 Å². The number of nitrogens with one attached hydrogen (secondary N) is 1. The Kier molecular flexibility index (Phi) is 6.93. The van der Waals surface area contributed by atoms with Crippen molar-refractivity contribution in [3.63, 3.8) is 0 Å². The van der Waals surface area contributed by atoms with Gasteiger partial charge in [0.25, 0.3) is 10.0 Å². The summed E-state index contributed by atoms with van der Waals surface area (Å²) in [6, 6.07) is 4.12. The Bertz CT molecular complexity index is 1450. The van der Waals surface area contributed by atoms with E-state index in [1.54, 1.807) is 27.7 Å². The summed E-state index contributed by atoms with van der Waals surface area (Å²) in [6.07, 6.45) is 3.22. The van der Waals surface area contributed by atoms with Gasteiger partial charge < -0.3 is 9.47 Å². The standard InChI is InChI=1S/C24H25F3N4O5S/c1-13(2)21-17-9-19(32)30-37(33,34)15-10-29-31(11-15)24(3,4)12-35-20-7-14(5-6-28-20)16(17)8-18(22(21)25)36-23(26)27/h5-8,10-11,13,23H,9,12H2,1-4H3,(H,30,32). The van der Waals surface area contributed by atoms with Crippen LogP contribution in [0.15, 0.2) is 41.7 Å². The highest BCUT2D eigenvalue weighted by Crippen LogP contribution is 2.39. The third-order valence-electron chi connectivity index (χ3n) is 5.87. The average molecular weight is 539 g/mol. The lowest BCUT2D eigenvalue weighted by Gasteiger charge is -2.25. The number of carbonyl (C=O) groups is 1. The maximum atomic E-state index is 15.4. The van der Waals surface area contributed by atoms with Gasteiger partial charge in [-0.25, -0.2) is 22.5 Å². The van der Waals surface area contributed by atoms with Crippen molar-refractivity contribution in [3.8, 4) is 22.8 Å². The predicted molar refractivity (Wildman–Crippen MR) is 126 cm³/mol. The molecule has 198 valence electrons. The monoisotopic (exact) mass is 538 g/mol. The van der Waals surface area contributed by atoms with Crippen LogP contribution in [0, 0.1) is 5.82 Å². The molecule has 0 aliphatic carbocycles. The molecule has 1 amide bonds. The number of aromatic nitrogens is 3. The molecule has 1 aliphatic rings. The number of carbonyl (C=O) groups excluding carboxylic acids is 1. The van der Waals surface area contributed by atoms with Crippen molar-refractivity contribution in [2.24, 2.45) is 0 Å². The molecule has 2 aromatic heterocycles. The molecule has 4 bridgehead atoms. The molecule has 1 aliphatic heterocycles. The van der Waals surface area contributed by atoms with E-state index in [4.69, 9.17) is 4.74 Å². The summed E-state index contributed by atoms with van der Waals surface area (Å²) in [4.78, 5) is 16.9. The fourth-order valence-corrected chi connectivity index (χ4v) is 4.99. The zero-order chi connectivity index (χ0) is 27.1. The molecular formula is C24H25F3N4O5S. The molecule has 4 rings (SSSR count). The van der Waals surface area contributed by atoms with Gasteiger partial charge in [-0.15, -0.1) is 0 Å². The molecule has 1 N–H and O–H groups in total. The molecule has 9 nitrogen and oxygen atoms in total. The Balaban J connectivity index is 1.96. The molecule has 0 fully saturated rings. The summed E-state index contributed by atoms with van der Waals surface area (Å²) in [7, 11) is -4.32. The van der Waals surface area contributed by atoms with Gasteiger partial charge in [0, 0.05) is 18.5 Å². The number of benzene rings is 1. The van der Waals surface area contributed by atoms with Crippen molar-refractivity contribution >= 4 is 15.9 Å².